The number of anilines is 1. The van der Waals surface area contributed by atoms with Crippen molar-refractivity contribution in [1.29, 1.82) is 5.26 Å². The highest BCUT2D eigenvalue weighted by Gasteiger charge is 2.32. The molecule has 1 aliphatic rings. The number of carbonyl (C=O) groups excluding carboxylic acids is 1. The molecule has 32 heavy (non-hydrogen) atoms. The van der Waals surface area contributed by atoms with Gasteiger partial charge >= 0.3 is 0 Å². The Balaban J connectivity index is 1.51. The van der Waals surface area contributed by atoms with Crippen molar-refractivity contribution in [3.05, 3.63) is 107 Å². The summed E-state index contributed by atoms with van der Waals surface area (Å²) in [5.74, 6) is -0.176. The summed E-state index contributed by atoms with van der Waals surface area (Å²) in [6.07, 6.45) is 3.90. The first-order valence-electron chi connectivity index (χ1n) is 10.1. The summed E-state index contributed by atoms with van der Waals surface area (Å²) in [5, 5.41) is 13.5. The van der Waals surface area contributed by atoms with Crippen molar-refractivity contribution in [2.75, 3.05) is 4.90 Å². The van der Waals surface area contributed by atoms with Crippen LogP contribution in [0.2, 0.25) is 0 Å². The first-order valence-corrected chi connectivity index (χ1v) is 10.5. The highest BCUT2D eigenvalue weighted by Crippen LogP contribution is 2.27. The Morgan fingerprint density at radius 2 is 1.69 bits per heavy atom. The summed E-state index contributed by atoms with van der Waals surface area (Å²) < 4.78 is 2.15. The fourth-order valence-electron chi connectivity index (χ4n) is 3.90. The number of para-hydroxylation sites is 2. The molecule has 6 heteroatoms. The summed E-state index contributed by atoms with van der Waals surface area (Å²) in [7, 11) is 0. The second-order valence-electron chi connectivity index (χ2n) is 7.50. The van der Waals surface area contributed by atoms with Crippen molar-refractivity contribution in [3.8, 4) is 6.07 Å². The van der Waals surface area contributed by atoms with E-state index in [1.807, 2.05) is 85.1 Å². The first kappa shape index (κ1) is 19.7. The Hall–Kier alpha value is -4.21. The van der Waals surface area contributed by atoms with Gasteiger partial charge in [0.2, 0.25) is 0 Å². The van der Waals surface area contributed by atoms with Gasteiger partial charge in [0, 0.05) is 29.2 Å². The van der Waals surface area contributed by atoms with Crippen LogP contribution in [0.4, 0.5) is 5.69 Å². The second-order valence-corrected chi connectivity index (χ2v) is 7.89. The molecule has 1 N–H and O–H groups in total. The highest BCUT2D eigenvalue weighted by molar-refractivity contribution is 7.80. The number of hydrogen-bond donors (Lipinski definition) is 1. The summed E-state index contributed by atoms with van der Waals surface area (Å²) in [6.45, 7) is 0.658. The third-order valence-corrected chi connectivity index (χ3v) is 5.73. The van der Waals surface area contributed by atoms with Gasteiger partial charge in [0.15, 0.2) is 5.11 Å². The quantitative estimate of drug-likeness (QED) is 0.369. The van der Waals surface area contributed by atoms with E-state index < -0.39 is 0 Å². The number of thiocarbonyl (C=S) groups is 1. The van der Waals surface area contributed by atoms with E-state index in [1.54, 1.807) is 0 Å². The van der Waals surface area contributed by atoms with Crippen LogP contribution in [0, 0.1) is 11.3 Å². The fraction of sp³-hybridized carbons (Fsp3) is 0.0385. The fourth-order valence-corrected chi connectivity index (χ4v) is 4.20. The monoisotopic (exact) mass is 434 g/mol. The number of nitriles is 1. The molecule has 0 aliphatic carbocycles. The van der Waals surface area contributed by atoms with Gasteiger partial charge in [-0.1, -0.05) is 48.5 Å². The lowest BCUT2D eigenvalue weighted by Gasteiger charge is -2.13. The zero-order valence-corrected chi connectivity index (χ0v) is 17.8. The number of carbonyl (C=O) groups is 1. The first-order chi connectivity index (χ1) is 15.6. The molecule has 154 valence electrons. The van der Waals surface area contributed by atoms with Gasteiger partial charge < -0.3 is 9.88 Å². The van der Waals surface area contributed by atoms with Crippen LogP contribution in [0.3, 0.4) is 0 Å². The Kier molecular flexibility index (Phi) is 5.02. The van der Waals surface area contributed by atoms with E-state index in [0.717, 1.165) is 27.7 Å². The van der Waals surface area contributed by atoms with E-state index in [-0.39, 0.29) is 5.91 Å². The van der Waals surface area contributed by atoms with Gasteiger partial charge in [-0.05, 0) is 54.2 Å². The smallest absolute Gasteiger partial charge is 0.281 e. The van der Waals surface area contributed by atoms with Crippen LogP contribution in [0.25, 0.3) is 17.0 Å². The van der Waals surface area contributed by atoms with Gasteiger partial charge in [-0.3, -0.25) is 9.69 Å². The molecule has 1 amide bonds. The standard InChI is InChI=1S/C26H18N4OS/c27-15-18-10-12-19(13-11-18)16-29-17-20(22-8-4-5-9-24(22)29)14-23-25(31)30(26(32)28-23)21-6-2-1-3-7-21/h1-14,17H,16H2,(H,28,32)/b23-14-. The normalized spacial score (nSPS) is 14.7. The van der Waals surface area contributed by atoms with Crippen molar-refractivity contribution in [3.63, 3.8) is 0 Å². The Labute approximate surface area is 190 Å². The van der Waals surface area contributed by atoms with Crippen LogP contribution in [-0.2, 0) is 11.3 Å². The van der Waals surface area contributed by atoms with E-state index in [2.05, 4.69) is 22.0 Å². The van der Waals surface area contributed by atoms with Crippen LogP contribution < -0.4 is 10.2 Å². The molecule has 4 aromatic rings. The van der Waals surface area contributed by atoms with Gasteiger partial charge in [-0.25, -0.2) is 0 Å². The minimum Gasteiger partial charge on any atom is -0.342 e. The van der Waals surface area contributed by atoms with E-state index in [1.165, 1.54) is 4.90 Å². The second kappa shape index (κ2) is 8.14. The molecular weight excluding hydrogens is 416 g/mol. The highest BCUT2D eigenvalue weighted by atomic mass is 32.1. The summed E-state index contributed by atoms with van der Waals surface area (Å²) in [6, 6.07) is 27.2. The Bertz CT molecular complexity index is 1410. The number of aromatic nitrogens is 1. The maximum atomic E-state index is 13.1. The Morgan fingerprint density at radius 1 is 0.969 bits per heavy atom. The molecule has 5 rings (SSSR count). The van der Waals surface area contributed by atoms with Crippen LogP contribution in [0.15, 0.2) is 90.8 Å². The third kappa shape index (κ3) is 3.55. The van der Waals surface area contributed by atoms with Gasteiger partial charge in [0.05, 0.1) is 17.3 Å². The molecule has 1 aromatic heterocycles. The zero-order valence-electron chi connectivity index (χ0n) is 17.0. The lowest BCUT2D eigenvalue weighted by molar-refractivity contribution is -0.113. The van der Waals surface area contributed by atoms with E-state index >= 15 is 0 Å². The number of nitrogens with one attached hydrogen (secondary N) is 1. The molecule has 0 bridgehead atoms. The molecule has 1 aliphatic heterocycles. The van der Waals surface area contributed by atoms with Crippen LogP contribution in [-0.4, -0.2) is 15.6 Å². The number of nitrogens with zero attached hydrogens (tertiary/aromatic N) is 3. The molecule has 0 radical (unpaired) electrons. The van der Waals surface area contributed by atoms with Gasteiger partial charge in [0.25, 0.3) is 5.91 Å². The predicted octanol–water partition coefficient (Wildman–Crippen LogP) is 4.82. The summed E-state index contributed by atoms with van der Waals surface area (Å²) >= 11 is 5.43. The molecule has 5 nitrogen and oxygen atoms in total. The van der Waals surface area contributed by atoms with Crippen molar-refractivity contribution >= 4 is 45.9 Å². The average Bonchev–Trinajstić information content (AvgIpc) is 3.31. The minimum absolute atomic E-state index is 0.176. The lowest BCUT2D eigenvalue weighted by atomic mass is 10.1. The van der Waals surface area contributed by atoms with Gasteiger partial charge in [-0.2, -0.15) is 5.26 Å². The largest absolute Gasteiger partial charge is 0.342 e. The summed E-state index contributed by atoms with van der Waals surface area (Å²) in [5.41, 5.74) is 4.91. The molecule has 3 aromatic carbocycles. The zero-order chi connectivity index (χ0) is 22.1. The van der Waals surface area contributed by atoms with E-state index in [0.29, 0.717) is 22.9 Å². The van der Waals surface area contributed by atoms with Crippen LogP contribution >= 0.6 is 12.2 Å². The van der Waals surface area contributed by atoms with Crippen LogP contribution in [0.1, 0.15) is 16.7 Å². The SMILES string of the molecule is N#Cc1ccc(Cn2cc(/C=C3\NC(=S)N(c4ccccc4)C3=O)c3ccccc32)cc1. The number of hydrogen-bond acceptors (Lipinski definition) is 3. The molecule has 1 saturated heterocycles. The number of benzene rings is 3. The van der Waals surface area contributed by atoms with Crippen molar-refractivity contribution in [2.45, 2.75) is 6.54 Å². The number of fused-ring (bicyclic) bond motifs is 1. The molecular formula is C26H18N4OS. The van der Waals surface area contributed by atoms with Crippen LogP contribution in [0.5, 0.6) is 0 Å². The number of amides is 1. The topological polar surface area (TPSA) is 61.1 Å². The Morgan fingerprint density at radius 3 is 2.44 bits per heavy atom. The maximum absolute atomic E-state index is 13.1. The van der Waals surface area contributed by atoms with Crippen molar-refractivity contribution < 1.29 is 4.79 Å². The molecule has 0 spiro atoms. The average molecular weight is 435 g/mol. The van der Waals surface area contributed by atoms with Gasteiger partial charge in [0.1, 0.15) is 5.70 Å². The third-order valence-electron chi connectivity index (χ3n) is 5.45. The molecule has 0 unspecified atom stereocenters. The number of rotatable bonds is 4. The molecule has 1 fully saturated rings. The maximum Gasteiger partial charge on any atom is 0.281 e. The molecule has 2 heterocycles. The molecule has 0 atom stereocenters. The van der Waals surface area contributed by atoms with Crippen molar-refractivity contribution in [1.82, 2.24) is 9.88 Å². The molecule has 0 saturated carbocycles. The lowest BCUT2D eigenvalue weighted by Crippen LogP contribution is -2.30. The minimum atomic E-state index is -0.176. The predicted molar refractivity (Wildman–Crippen MR) is 130 cm³/mol. The summed E-state index contributed by atoms with van der Waals surface area (Å²) in [4.78, 5) is 14.6. The van der Waals surface area contributed by atoms with Crippen molar-refractivity contribution in [2.24, 2.45) is 0 Å². The van der Waals surface area contributed by atoms with E-state index in [9.17, 15) is 4.79 Å². The van der Waals surface area contributed by atoms with E-state index in [4.69, 9.17) is 17.5 Å². The van der Waals surface area contributed by atoms with Gasteiger partial charge in [-0.15, -0.1) is 0 Å².